The molecule has 106 valence electrons. The number of hydrogen-bond acceptors (Lipinski definition) is 4. The molecular weight excluding hydrogens is 258 g/mol. The summed E-state index contributed by atoms with van der Waals surface area (Å²) in [6.45, 7) is 2.03. The van der Waals surface area contributed by atoms with Gasteiger partial charge in [-0.2, -0.15) is 0 Å². The molecule has 6 nitrogen and oxygen atoms in total. The highest BCUT2D eigenvalue weighted by atomic mass is 16.6. The number of para-hydroxylation sites is 1. The first-order valence-electron chi connectivity index (χ1n) is 6.58. The number of amides is 1. The first-order valence-corrected chi connectivity index (χ1v) is 6.58. The van der Waals surface area contributed by atoms with Crippen LogP contribution in [0.15, 0.2) is 35.5 Å². The van der Waals surface area contributed by atoms with Crippen LogP contribution in [0, 0.1) is 10.1 Å². The Balaban J connectivity index is 2.08. The third-order valence-electron chi connectivity index (χ3n) is 3.42. The zero-order chi connectivity index (χ0) is 14.5. The second-order valence-corrected chi connectivity index (χ2v) is 4.82. The van der Waals surface area contributed by atoms with Crippen molar-refractivity contribution in [1.82, 2.24) is 10.9 Å². The Kier molecular flexibility index (Phi) is 4.34. The number of nitro groups is 1. The molecule has 0 aliphatic heterocycles. The van der Waals surface area contributed by atoms with Gasteiger partial charge in [-0.05, 0) is 38.7 Å². The molecule has 20 heavy (non-hydrogen) atoms. The maximum absolute atomic E-state index is 12.0. The monoisotopic (exact) mass is 275 g/mol. The summed E-state index contributed by atoms with van der Waals surface area (Å²) in [7, 11) is 0. The molecule has 2 rings (SSSR count). The fourth-order valence-electron chi connectivity index (χ4n) is 2.25. The molecule has 0 atom stereocenters. The summed E-state index contributed by atoms with van der Waals surface area (Å²) >= 11 is 0. The van der Waals surface area contributed by atoms with Crippen LogP contribution in [0.25, 0.3) is 0 Å². The van der Waals surface area contributed by atoms with E-state index in [0.717, 1.165) is 31.4 Å². The number of benzene rings is 1. The van der Waals surface area contributed by atoms with Gasteiger partial charge in [-0.15, -0.1) is 0 Å². The quantitative estimate of drug-likeness (QED) is 0.653. The summed E-state index contributed by atoms with van der Waals surface area (Å²) in [5.41, 5.74) is 7.52. The van der Waals surface area contributed by atoms with Gasteiger partial charge in [-0.3, -0.25) is 20.3 Å². The summed E-state index contributed by atoms with van der Waals surface area (Å²) < 4.78 is 0. The van der Waals surface area contributed by atoms with Crippen molar-refractivity contribution in [3.63, 3.8) is 0 Å². The van der Waals surface area contributed by atoms with Gasteiger partial charge in [0, 0.05) is 11.8 Å². The van der Waals surface area contributed by atoms with Gasteiger partial charge in [-0.25, -0.2) is 0 Å². The molecule has 2 N–H and O–H groups in total. The van der Waals surface area contributed by atoms with Crippen molar-refractivity contribution in [1.29, 1.82) is 0 Å². The first-order chi connectivity index (χ1) is 9.59. The molecule has 1 aliphatic rings. The van der Waals surface area contributed by atoms with E-state index in [2.05, 4.69) is 10.9 Å². The number of hydrazine groups is 1. The minimum atomic E-state index is -0.556. The third-order valence-corrected chi connectivity index (χ3v) is 3.42. The van der Waals surface area contributed by atoms with Crippen molar-refractivity contribution in [2.45, 2.75) is 32.6 Å². The zero-order valence-corrected chi connectivity index (χ0v) is 11.3. The molecule has 6 heteroatoms. The average Bonchev–Trinajstić information content (AvgIpc) is 2.46. The number of nitrogens with zero attached hydrogens (tertiary/aromatic N) is 1. The van der Waals surface area contributed by atoms with Gasteiger partial charge >= 0.3 is 0 Å². The molecule has 0 fully saturated rings. The van der Waals surface area contributed by atoms with Crippen LogP contribution in [0.5, 0.6) is 0 Å². The van der Waals surface area contributed by atoms with Gasteiger partial charge in [0.2, 0.25) is 0 Å². The number of nitrogens with one attached hydrogen (secondary N) is 2. The minimum absolute atomic E-state index is 0.0547. The maximum atomic E-state index is 12.0. The molecular formula is C14H17N3O3. The fraction of sp³-hybridized carbons (Fsp3) is 0.357. The maximum Gasteiger partial charge on any atom is 0.282 e. The Hall–Kier alpha value is -2.37. The Morgan fingerprint density at radius 2 is 1.95 bits per heavy atom. The Morgan fingerprint density at radius 1 is 1.25 bits per heavy atom. The van der Waals surface area contributed by atoms with Crippen LogP contribution >= 0.6 is 0 Å². The van der Waals surface area contributed by atoms with Crippen molar-refractivity contribution < 1.29 is 9.72 Å². The van der Waals surface area contributed by atoms with Crippen LogP contribution in [0.3, 0.4) is 0 Å². The molecule has 0 heterocycles. The number of rotatable bonds is 4. The van der Waals surface area contributed by atoms with Crippen molar-refractivity contribution in [2.24, 2.45) is 0 Å². The number of allylic oxidation sites excluding steroid dienone is 2. The van der Waals surface area contributed by atoms with Crippen molar-refractivity contribution >= 4 is 11.6 Å². The fourth-order valence-corrected chi connectivity index (χ4v) is 2.25. The summed E-state index contributed by atoms with van der Waals surface area (Å²) in [5.74, 6) is -0.497. The molecule has 1 aromatic rings. The number of carbonyl (C=O) groups is 1. The van der Waals surface area contributed by atoms with Crippen LogP contribution in [-0.4, -0.2) is 10.8 Å². The second kappa shape index (κ2) is 6.18. The van der Waals surface area contributed by atoms with E-state index in [1.807, 2.05) is 6.92 Å². The van der Waals surface area contributed by atoms with Gasteiger partial charge in [-0.1, -0.05) is 17.7 Å². The van der Waals surface area contributed by atoms with Crippen LogP contribution in [0.1, 0.15) is 43.0 Å². The van der Waals surface area contributed by atoms with Crippen LogP contribution in [0.4, 0.5) is 5.69 Å². The summed E-state index contributed by atoms with van der Waals surface area (Å²) in [6, 6.07) is 5.90. The normalized spacial score (nSPS) is 14.8. The van der Waals surface area contributed by atoms with Gasteiger partial charge in [0.1, 0.15) is 5.56 Å². The number of hydrogen-bond donors (Lipinski definition) is 2. The Labute approximate surface area is 117 Å². The molecule has 0 unspecified atom stereocenters. The van der Waals surface area contributed by atoms with Crippen molar-refractivity contribution in [2.75, 3.05) is 0 Å². The van der Waals surface area contributed by atoms with E-state index in [4.69, 9.17) is 0 Å². The largest absolute Gasteiger partial charge is 0.303 e. The molecule has 1 amide bonds. The predicted molar refractivity (Wildman–Crippen MR) is 74.9 cm³/mol. The summed E-state index contributed by atoms with van der Waals surface area (Å²) in [5, 5.41) is 10.9. The van der Waals surface area contributed by atoms with E-state index < -0.39 is 10.8 Å². The predicted octanol–water partition coefficient (Wildman–Crippen LogP) is 2.68. The second-order valence-electron chi connectivity index (χ2n) is 4.82. The molecule has 0 saturated carbocycles. The molecule has 0 aromatic heterocycles. The highest BCUT2D eigenvalue weighted by Crippen LogP contribution is 2.22. The Bertz CT molecular complexity index is 567. The van der Waals surface area contributed by atoms with Crippen molar-refractivity contribution in [3.8, 4) is 0 Å². The smallest absolute Gasteiger partial charge is 0.282 e. The summed E-state index contributed by atoms with van der Waals surface area (Å²) in [4.78, 5) is 22.3. The zero-order valence-electron chi connectivity index (χ0n) is 11.3. The van der Waals surface area contributed by atoms with Gasteiger partial charge in [0.25, 0.3) is 11.6 Å². The molecule has 1 aliphatic carbocycles. The summed E-state index contributed by atoms with van der Waals surface area (Å²) in [6.07, 6.45) is 4.16. The van der Waals surface area contributed by atoms with Gasteiger partial charge < -0.3 is 5.43 Å². The highest BCUT2D eigenvalue weighted by Gasteiger charge is 2.19. The lowest BCUT2D eigenvalue weighted by atomic mass is 9.98. The molecule has 0 bridgehead atoms. The van der Waals surface area contributed by atoms with Crippen LogP contribution < -0.4 is 10.9 Å². The number of nitro benzene ring substituents is 1. The lowest BCUT2D eigenvalue weighted by molar-refractivity contribution is -0.385. The van der Waals surface area contributed by atoms with Gasteiger partial charge in [0.05, 0.1) is 4.92 Å². The van der Waals surface area contributed by atoms with Crippen LogP contribution in [-0.2, 0) is 0 Å². The topological polar surface area (TPSA) is 84.3 Å². The van der Waals surface area contributed by atoms with Gasteiger partial charge in [0.15, 0.2) is 0 Å². The van der Waals surface area contributed by atoms with Crippen molar-refractivity contribution in [3.05, 3.63) is 51.2 Å². The number of carbonyl (C=O) groups excluding carboxylic acids is 1. The third kappa shape index (κ3) is 3.14. The van der Waals surface area contributed by atoms with E-state index in [1.54, 1.807) is 6.07 Å². The minimum Gasteiger partial charge on any atom is -0.303 e. The SMILES string of the molecule is CC1=C(NNC(=O)c2ccccc2[N+](=O)[O-])CCCC1. The first kappa shape index (κ1) is 14.0. The van der Waals surface area contributed by atoms with E-state index in [0.29, 0.717) is 0 Å². The lowest BCUT2D eigenvalue weighted by Crippen LogP contribution is -2.38. The molecule has 1 aromatic carbocycles. The Morgan fingerprint density at radius 3 is 2.65 bits per heavy atom. The molecule has 0 radical (unpaired) electrons. The average molecular weight is 275 g/mol. The lowest BCUT2D eigenvalue weighted by Gasteiger charge is -2.19. The van der Waals surface area contributed by atoms with E-state index in [-0.39, 0.29) is 11.3 Å². The molecule has 0 saturated heterocycles. The highest BCUT2D eigenvalue weighted by molar-refractivity contribution is 5.97. The molecule has 0 spiro atoms. The van der Waals surface area contributed by atoms with Crippen LogP contribution in [0.2, 0.25) is 0 Å². The van der Waals surface area contributed by atoms with E-state index >= 15 is 0 Å². The van der Waals surface area contributed by atoms with E-state index in [9.17, 15) is 14.9 Å². The van der Waals surface area contributed by atoms with E-state index in [1.165, 1.54) is 23.8 Å². The standard InChI is InChI=1S/C14H17N3O3/c1-10-6-2-4-8-12(10)15-16-14(18)11-7-3-5-9-13(11)17(19)20/h3,5,7,9,15H,2,4,6,8H2,1H3,(H,16,18).